The van der Waals surface area contributed by atoms with E-state index >= 15 is 0 Å². The Morgan fingerprint density at radius 3 is 2.67 bits per heavy atom. The molecule has 0 spiro atoms. The van der Waals surface area contributed by atoms with E-state index in [-0.39, 0.29) is 11.8 Å². The van der Waals surface area contributed by atoms with Gasteiger partial charge in [-0.05, 0) is 48.0 Å². The van der Waals surface area contributed by atoms with Gasteiger partial charge in [0, 0.05) is 0 Å². The summed E-state index contributed by atoms with van der Waals surface area (Å²) in [6.45, 7) is 0. The molecular weight excluding hydrogens is 248 g/mol. The lowest BCUT2D eigenvalue weighted by molar-refractivity contribution is -0.140. The highest BCUT2D eigenvalue weighted by atomic mass is 32.2. The van der Waals surface area contributed by atoms with E-state index in [4.69, 9.17) is 4.74 Å². The van der Waals surface area contributed by atoms with E-state index in [0.29, 0.717) is 0 Å². The normalized spacial score (nSPS) is 21.3. The summed E-state index contributed by atoms with van der Waals surface area (Å²) in [4.78, 5) is 11.5. The minimum atomic E-state index is -0.715. The first kappa shape index (κ1) is 13.3. The number of benzene rings is 1. The maximum atomic E-state index is 11.5. The third-order valence-electron chi connectivity index (χ3n) is 3.41. The second-order valence-corrected chi connectivity index (χ2v) is 5.72. The highest BCUT2D eigenvalue weighted by Gasteiger charge is 2.30. The van der Waals surface area contributed by atoms with Crippen LogP contribution in [0.15, 0.2) is 24.3 Å². The number of aliphatic carboxylic acids is 1. The van der Waals surface area contributed by atoms with E-state index < -0.39 is 5.97 Å². The lowest BCUT2D eigenvalue weighted by Crippen LogP contribution is -2.25. The lowest BCUT2D eigenvalue weighted by Gasteiger charge is -2.27. The molecule has 2 unspecified atom stereocenters. The van der Waals surface area contributed by atoms with Crippen molar-refractivity contribution in [3.63, 3.8) is 0 Å². The molecule has 0 aromatic heterocycles. The molecule has 0 saturated carbocycles. The van der Waals surface area contributed by atoms with Gasteiger partial charge in [-0.25, -0.2) is 0 Å². The van der Waals surface area contributed by atoms with E-state index in [0.717, 1.165) is 35.7 Å². The van der Waals surface area contributed by atoms with Gasteiger partial charge in [-0.15, -0.1) is 0 Å². The third kappa shape index (κ3) is 2.99. The van der Waals surface area contributed by atoms with Gasteiger partial charge in [0.25, 0.3) is 0 Å². The largest absolute Gasteiger partial charge is 0.497 e. The van der Waals surface area contributed by atoms with Crippen LogP contribution >= 0.6 is 11.8 Å². The summed E-state index contributed by atoms with van der Waals surface area (Å²) < 4.78 is 5.10. The van der Waals surface area contributed by atoms with Crippen LogP contribution in [0.4, 0.5) is 0 Å². The fourth-order valence-electron chi connectivity index (χ4n) is 2.46. The molecule has 1 fully saturated rings. The molecule has 1 aromatic carbocycles. The van der Waals surface area contributed by atoms with E-state index in [2.05, 4.69) is 0 Å². The van der Waals surface area contributed by atoms with Crippen molar-refractivity contribution in [1.29, 1.82) is 0 Å². The summed E-state index contributed by atoms with van der Waals surface area (Å²) in [6.07, 6.45) is 2.13. The minimum absolute atomic E-state index is 0.245. The van der Waals surface area contributed by atoms with Gasteiger partial charge >= 0.3 is 5.97 Å². The average Bonchev–Trinajstić information content (AvgIpc) is 2.40. The molecule has 1 aliphatic rings. The summed E-state index contributed by atoms with van der Waals surface area (Å²) in [5.74, 6) is 2.01. The molecule has 1 N–H and O–H groups in total. The number of carbonyl (C=O) groups is 1. The van der Waals surface area contributed by atoms with Gasteiger partial charge in [0.2, 0.25) is 0 Å². The van der Waals surface area contributed by atoms with Crippen molar-refractivity contribution in [2.24, 2.45) is 5.92 Å². The zero-order valence-corrected chi connectivity index (χ0v) is 11.3. The van der Waals surface area contributed by atoms with Crippen molar-refractivity contribution < 1.29 is 14.6 Å². The van der Waals surface area contributed by atoms with Crippen LogP contribution in [0.25, 0.3) is 0 Å². The van der Waals surface area contributed by atoms with Crippen molar-refractivity contribution in [3.05, 3.63) is 29.8 Å². The third-order valence-corrected chi connectivity index (χ3v) is 4.65. The van der Waals surface area contributed by atoms with Crippen molar-refractivity contribution in [1.82, 2.24) is 0 Å². The Hall–Kier alpha value is -1.16. The van der Waals surface area contributed by atoms with Crippen LogP contribution < -0.4 is 4.74 Å². The highest BCUT2D eigenvalue weighted by molar-refractivity contribution is 7.99. The topological polar surface area (TPSA) is 46.5 Å². The first-order valence-electron chi connectivity index (χ1n) is 6.17. The van der Waals surface area contributed by atoms with Crippen molar-refractivity contribution >= 4 is 17.7 Å². The first-order chi connectivity index (χ1) is 8.72. The van der Waals surface area contributed by atoms with Gasteiger partial charge in [-0.2, -0.15) is 11.8 Å². The van der Waals surface area contributed by atoms with Crippen molar-refractivity contribution in [3.8, 4) is 5.75 Å². The monoisotopic (exact) mass is 266 g/mol. The fourth-order valence-corrected chi connectivity index (χ4v) is 3.66. The summed E-state index contributed by atoms with van der Waals surface area (Å²) >= 11 is 1.86. The van der Waals surface area contributed by atoms with Gasteiger partial charge in [0.15, 0.2) is 0 Å². The van der Waals surface area contributed by atoms with Crippen LogP contribution in [0.3, 0.4) is 0 Å². The molecule has 0 amide bonds. The molecule has 2 atom stereocenters. The predicted molar refractivity (Wildman–Crippen MR) is 73.4 cm³/mol. The number of hydrogen-bond donors (Lipinski definition) is 1. The second-order valence-electron chi connectivity index (χ2n) is 4.57. The molecule has 1 heterocycles. The number of ether oxygens (including phenoxy) is 1. The van der Waals surface area contributed by atoms with Gasteiger partial charge in [0.05, 0.1) is 13.0 Å². The van der Waals surface area contributed by atoms with Crippen LogP contribution in [0.1, 0.15) is 24.3 Å². The fraction of sp³-hybridized carbons (Fsp3) is 0.500. The van der Waals surface area contributed by atoms with E-state index in [1.54, 1.807) is 7.11 Å². The molecule has 3 nitrogen and oxygen atoms in total. The maximum Gasteiger partial charge on any atom is 0.311 e. The second kappa shape index (κ2) is 6.14. The SMILES string of the molecule is COc1ccc(C(C(=O)O)C2CCCSC2)cc1. The molecule has 0 bridgehead atoms. The van der Waals surface area contributed by atoms with E-state index in [1.165, 1.54) is 0 Å². The van der Waals surface area contributed by atoms with Gasteiger partial charge < -0.3 is 9.84 Å². The molecule has 18 heavy (non-hydrogen) atoms. The number of carboxylic acids is 1. The molecule has 1 saturated heterocycles. The van der Waals surface area contributed by atoms with Crippen LogP contribution in [0.2, 0.25) is 0 Å². The quantitative estimate of drug-likeness (QED) is 0.910. The van der Waals surface area contributed by atoms with E-state index in [1.807, 2.05) is 36.0 Å². The van der Waals surface area contributed by atoms with E-state index in [9.17, 15) is 9.90 Å². The van der Waals surface area contributed by atoms with Crippen molar-refractivity contribution in [2.75, 3.05) is 18.6 Å². The molecule has 4 heteroatoms. The standard InChI is InChI=1S/C14H18O3S/c1-17-12-6-4-10(5-7-12)13(14(15)16)11-3-2-8-18-9-11/h4-7,11,13H,2-3,8-9H2,1H3,(H,15,16). The summed E-state index contributed by atoms with van der Waals surface area (Å²) in [5.41, 5.74) is 0.885. The first-order valence-corrected chi connectivity index (χ1v) is 7.32. The highest BCUT2D eigenvalue weighted by Crippen LogP contribution is 2.35. The maximum absolute atomic E-state index is 11.5. The molecule has 0 aliphatic carbocycles. The smallest absolute Gasteiger partial charge is 0.311 e. The Bertz CT molecular complexity index is 396. The van der Waals surface area contributed by atoms with Crippen LogP contribution in [0.5, 0.6) is 5.75 Å². The zero-order chi connectivity index (χ0) is 13.0. The number of hydrogen-bond acceptors (Lipinski definition) is 3. The Balaban J connectivity index is 2.20. The zero-order valence-electron chi connectivity index (χ0n) is 10.5. The van der Waals surface area contributed by atoms with Crippen LogP contribution in [-0.2, 0) is 4.79 Å². The molecule has 2 rings (SSSR count). The van der Waals surface area contributed by atoms with Crippen LogP contribution in [-0.4, -0.2) is 29.7 Å². The molecule has 0 radical (unpaired) electrons. The Morgan fingerprint density at radius 1 is 1.44 bits per heavy atom. The molecular formula is C14H18O3S. The van der Waals surface area contributed by atoms with Crippen LogP contribution in [0, 0.1) is 5.92 Å². The lowest BCUT2D eigenvalue weighted by atomic mass is 9.84. The summed E-state index contributed by atoms with van der Waals surface area (Å²) in [6, 6.07) is 7.41. The number of carboxylic acid groups (broad SMARTS) is 1. The van der Waals surface area contributed by atoms with Crippen molar-refractivity contribution in [2.45, 2.75) is 18.8 Å². The number of methoxy groups -OCH3 is 1. The number of rotatable bonds is 4. The Labute approximate surface area is 112 Å². The van der Waals surface area contributed by atoms with Gasteiger partial charge in [0.1, 0.15) is 5.75 Å². The Kier molecular flexibility index (Phi) is 4.53. The summed E-state index contributed by atoms with van der Waals surface area (Å²) in [5, 5.41) is 9.46. The molecule has 98 valence electrons. The average molecular weight is 266 g/mol. The number of thioether (sulfide) groups is 1. The summed E-state index contributed by atoms with van der Waals surface area (Å²) in [7, 11) is 1.61. The predicted octanol–water partition coefficient (Wildman–Crippen LogP) is 3.01. The molecule has 1 aromatic rings. The minimum Gasteiger partial charge on any atom is -0.497 e. The van der Waals surface area contributed by atoms with Gasteiger partial charge in [-0.1, -0.05) is 12.1 Å². The van der Waals surface area contributed by atoms with Gasteiger partial charge in [-0.3, -0.25) is 4.79 Å². The Morgan fingerprint density at radius 2 is 2.17 bits per heavy atom. The molecule has 1 aliphatic heterocycles.